The molecule has 0 radical (unpaired) electrons. The van der Waals surface area contributed by atoms with E-state index in [1.54, 1.807) is 6.21 Å². The first kappa shape index (κ1) is 10.7. The second-order valence-corrected chi connectivity index (χ2v) is 2.47. The van der Waals surface area contributed by atoms with Crippen LogP contribution < -0.4 is 10.7 Å². The second kappa shape index (κ2) is 6.39. The topological polar surface area (TPSA) is 53.5 Å². The van der Waals surface area contributed by atoms with Gasteiger partial charge in [-0.05, 0) is 12.3 Å². The van der Waals surface area contributed by atoms with E-state index >= 15 is 0 Å². The van der Waals surface area contributed by atoms with Crippen molar-refractivity contribution in [1.82, 2.24) is 10.7 Å². The smallest absolute Gasteiger partial charge is 0.334 e. The third-order valence-electron chi connectivity index (χ3n) is 1.26. The number of nitrogens with one attached hydrogen (secondary N) is 2. The Hall–Kier alpha value is -1.32. The lowest BCUT2D eigenvalue weighted by Crippen LogP contribution is -2.28. The Labute approximate surface area is 72.7 Å². The average molecular weight is 169 g/mol. The summed E-state index contributed by atoms with van der Waals surface area (Å²) in [6, 6.07) is -0.308. The van der Waals surface area contributed by atoms with Crippen LogP contribution in [0, 0.1) is 5.92 Å². The van der Waals surface area contributed by atoms with E-state index in [9.17, 15) is 4.79 Å². The second-order valence-electron chi connectivity index (χ2n) is 2.47. The first-order valence-corrected chi connectivity index (χ1v) is 3.82. The number of carbonyl (C=O) groups excluding carboxylic acids is 1. The van der Waals surface area contributed by atoms with E-state index in [-0.39, 0.29) is 6.03 Å². The number of amides is 2. The van der Waals surface area contributed by atoms with Crippen molar-refractivity contribution >= 4 is 12.2 Å². The minimum absolute atomic E-state index is 0.305. The van der Waals surface area contributed by atoms with Crippen LogP contribution in [-0.4, -0.2) is 19.3 Å². The van der Waals surface area contributed by atoms with Crippen molar-refractivity contribution in [3.63, 3.8) is 0 Å². The molecule has 0 bridgehead atoms. The minimum atomic E-state index is -0.308. The molecule has 0 saturated heterocycles. The third-order valence-corrected chi connectivity index (χ3v) is 1.26. The highest BCUT2D eigenvalue weighted by atomic mass is 16.2. The quantitative estimate of drug-likeness (QED) is 0.370. The molecule has 0 aliphatic rings. The van der Waals surface area contributed by atoms with E-state index in [0.717, 1.165) is 6.42 Å². The van der Waals surface area contributed by atoms with Gasteiger partial charge in [0.05, 0.1) is 0 Å². The zero-order chi connectivity index (χ0) is 9.40. The van der Waals surface area contributed by atoms with Gasteiger partial charge in [0.1, 0.15) is 0 Å². The summed E-state index contributed by atoms with van der Waals surface area (Å²) in [5.74, 6) is 0.305. The Morgan fingerprint density at radius 3 is 2.92 bits per heavy atom. The number of hydrogen-bond acceptors (Lipinski definition) is 2. The monoisotopic (exact) mass is 169 g/mol. The van der Waals surface area contributed by atoms with Crippen molar-refractivity contribution in [1.29, 1.82) is 0 Å². The van der Waals surface area contributed by atoms with Crippen LogP contribution in [0.2, 0.25) is 0 Å². The van der Waals surface area contributed by atoms with E-state index in [0.29, 0.717) is 5.92 Å². The summed E-state index contributed by atoms with van der Waals surface area (Å²) in [5, 5.41) is 6.11. The maximum atomic E-state index is 10.6. The molecule has 0 aliphatic heterocycles. The lowest BCUT2D eigenvalue weighted by atomic mass is 10.1. The molecule has 0 aromatic rings. The molecule has 0 heterocycles. The molecule has 4 nitrogen and oxygen atoms in total. The fraction of sp³-hybridized carbons (Fsp3) is 0.500. The number of carbonyl (C=O) groups is 1. The molecule has 0 spiro atoms. The maximum absolute atomic E-state index is 10.6. The summed E-state index contributed by atoms with van der Waals surface area (Å²) in [5.41, 5.74) is 2.31. The predicted molar refractivity (Wildman–Crippen MR) is 50.1 cm³/mol. The van der Waals surface area contributed by atoms with Gasteiger partial charge in [0.25, 0.3) is 0 Å². The van der Waals surface area contributed by atoms with Gasteiger partial charge in [-0.3, -0.25) is 0 Å². The molecule has 1 atom stereocenters. The van der Waals surface area contributed by atoms with Gasteiger partial charge in [0.2, 0.25) is 0 Å². The highest BCUT2D eigenvalue weighted by Crippen LogP contribution is 1.96. The molecule has 0 aliphatic carbocycles. The highest BCUT2D eigenvalue weighted by molar-refractivity contribution is 5.74. The van der Waals surface area contributed by atoms with Gasteiger partial charge in [-0.2, -0.15) is 5.10 Å². The Morgan fingerprint density at radius 1 is 1.75 bits per heavy atom. The number of urea groups is 1. The summed E-state index contributed by atoms with van der Waals surface area (Å²) in [6.07, 6.45) is 4.35. The molecular formula is C8H15N3O. The van der Waals surface area contributed by atoms with E-state index in [2.05, 4.69) is 22.4 Å². The fourth-order valence-electron chi connectivity index (χ4n) is 0.603. The van der Waals surface area contributed by atoms with Crippen LogP contribution >= 0.6 is 0 Å². The van der Waals surface area contributed by atoms with Crippen LogP contribution in [0.5, 0.6) is 0 Å². The Bertz CT molecular complexity index is 177. The van der Waals surface area contributed by atoms with Crippen molar-refractivity contribution in [2.24, 2.45) is 11.0 Å². The fourth-order valence-corrected chi connectivity index (χ4v) is 0.603. The molecule has 4 heteroatoms. The van der Waals surface area contributed by atoms with Crippen LogP contribution in [0.4, 0.5) is 4.79 Å². The standard InChI is InChI=1S/C8H15N3O/c1-4-5-7(2)6-10-11-8(12)9-3/h4,6-7H,1,5H2,2-3H3,(H2,9,11,12)/b10-6-. The molecule has 0 aromatic heterocycles. The molecule has 68 valence electrons. The molecule has 0 fully saturated rings. The highest BCUT2D eigenvalue weighted by Gasteiger charge is 1.94. The summed E-state index contributed by atoms with van der Waals surface area (Å²) in [4.78, 5) is 10.6. The third kappa shape index (κ3) is 5.46. The van der Waals surface area contributed by atoms with Crippen LogP contribution in [0.15, 0.2) is 17.8 Å². The van der Waals surface area contributed by atoms with Gasteiger partial charge in [-0.25, -0.2) is 10.2 Å². The predicted octanol–water partition coefficient (Wildman–Crippen LogP) is 1.11. The molecule has 0 saturated carbocycles. The van der Waals surface area contributed by atoms with Crippen LogP contribution in [-0.2, 0) is 0 Å². The normalized spacial score (nSPS) is 12.5. The number of hydrazone groups is 1. The maximum Gasteiger partial charge on any atom is 0.334 e. The number of hydrogen-bond donors (Lipinski definition) is 2. The molecule has 0 rings (SSSR count). The first-order valence-electron chi connectivity index (χ1n) is 3.82. The SMILES string of the molecule is C=CCC(C)/C=N\NC(=O)NC. The largest absolute Gasteiger partial charge is 0.340 e. The molecule has 2 amide bonds. The van der Waals surface area contributed by atoms with Crippen LogP contribution in [0.25, 0.3) is 0 Å². The van der Waals surface area contributed by atoms with Gasteiger partial charge in [-0.15, -0.1) is 6.58 Å². The summed E-state index contributed by atoms with van der Waals surface area (Å²) < 4.78 is 0. The van der Waals surface area contributed by atoms with Crippen molar-refractivity contribution in [3.8, 4) is 0 Å². The summed E-state index contributed by atoms with van der Waals surface area (Å²) in [6.45, 7) is 5.60. The Balaban J connectivity index is 3.60. The van der Waals surface area contributed by atoms with Crippen molar-refractivity contribution in [2.75, 3.05) is 7.05 Å². The zero-order valence-corrected chi connectivity index (χ0v) is 7.50. The van der Waals surface area contributed by atoms with Crippen molar-refractivity contribution in [2.45, 2.75) is 13.3 Å². The van der Waals surface area contributed by atoms with Crippen LogP contribution in [0.1, 0.15) is 13.3 Å². The van der Waals surface area contributed by atoms with E-state index in [1.165, 1.54) is 7.05 Å². The van der Waals surface area contributed by atoms with Gasteiger partial charge in [-0.1, -0.05) is 13.0 Å². The van der Waals surface area contributed by atoms with Gasteiger partial charge in [0, 0.05) is 13.3 Å². The zero-order valence-electron chi connectivity index (χ0n) is 7.50. The van der Waals surface area contributed by atoms with Gasteiger partial charge in [0.15, 0.2) is 0 Å². The van der Waals surface area contributed by atoms with E-state index in [4.69, 9.17) is 0 Å². The lowest BCUT2D eigenvalue weighted by Gasteiger charge is -2.00. The molecule has 0 aromatic carbocycles. The van der Waals surface area contributed by atoms with E-state index in [1.807, 2.05) is 13.0 Å². The molecule has 1 unspecified atom stereocenters. The van der Waals surface area contributed by atoms with E-state index < -0.39 is 0 Å². The minimum Gasteiger partial charge on any atom is -0.340 e. The van der Waals surface area contributed by atoms with Crippen molar-refractivity contribution < 1.29 is 4.79 Å². The first-order chi connectivity index (χ1) is 5.70. The number of allylic oxidation sites excluding steroid dienone is 1. The number of rotatable bonds is 4. The number of nitrogens with zero attached hydrogens (tertiary/aromatic N) is 1. The summed E-state index contributed by atoms with van der Waals surface area (Å²) in [7, 11) is 1.54. The summed E-state index contributed by atoms with van der Waals surface area (Å²) >= 11 is 0. The molecule has 12 heavy (non-hydrogen) atoms. The van der Waals surface area contributed by atoms with Crippen LogP contribution in [0.3, 0.4) is 0 Å². The molecule has 2 N–H and O–H groups in total. The Morgan fingerprint density at radius 2 is 2.42 bits per heavy atom. The average Bonchev–Trinajstić information content (AvgIpc) is 2.04. The van der Waals surface area contributed by atoms with Gasteiger partial charge < -0.3 is 5.32 Å². The van der Waals surface area contributed by atoms with Gasteiger partial charge >= 0.3 is 6.03 Å². The molecular weight excluding hydrogens is 154 g/mol. The lowest BCUT2D eigenvalue weighted by molar-refractivity contribution is 0.243. The Kier molecular flexibility index (Phi) is 5.69. The van der Waals surface area contributed by atoms with Crippen molar-refractivity contribution in [3.05, 3.63) is 12.7 Å².